The Hall–Kier alpha value is -2.90. The number of hydrogen-bond donors (Lipinski definition) is 4. The zero-order chi connectivity index (χ0) is 27.8. The lowest BCUT2D eigenvalue weighted by atomic mass is 10.1. The van der Waals surface area contributed by atoms with Gasteiger partial charge in [0, 0.05) is 24.0 Å². The molecule has 0 aromatic heterocycles. The monoisotopic (exact) mass is 530 g/mol. The molecule has 0 heterocycles. The van der Waals surface area contributed by atoms with E-state index in [9.17, 15) is 19.2 Å². The van der Waals surface area contributed by atoms with Crippen LogP contribution in [0.4, 0.5) is 0 Å². The van der Waals surface area contributed by atoms with E-state index in [1.54, 1.807) is 0 Å². The highest BCUT2D eigenvalue weighted by Crippen LogP contribution is 2.10. The summed E-state index contributed by atoms with van der Waals surface area (Å²) < 4.78 is 0. The number of benzene rings is 1. The van der Waals surface area contributed by atoms with Crippen LogP contribution in [0.1, 0.15) is 150 Å². The molecule has 0 aliphatic rings. The standard InChI is InChI=1S/C30H50N4O4/c1-3-5-7-9-11-13-15-17-19-27(35)31-33-29(37)25-21-23-26(24-22-25)30(38)34-32-28(36)20-18-16-14-12-10-8-6-4-2/h21-24H,3-20H2,1-2H3,(H,31,35)(H,32,36)(H,33,37)(H,34,38). The van der Waals surface area contributed by atoms with Crippen LogP contribution in [-0.4, -0.2) is 23.6 Å². The molecule has 4 N–H and O–H groups in total. The smallest absolute Gasteiger partial charge is 0.269 e. The number of nitrogens with one attached hydrogen (secondary N) is 4. The van der Waals surface area contributed by atoms with Gasteiger partial charge in [0.25, 0.3) is 11.8 Å². The van der Waals surface area contributed by atoms with Crippen LogP contribution in [0.3, 0.4) is 0 Å². The summed E-state index contributed by atoms with van der Waals surface area (Å²) in [5, 5.41) is 0. The Morgan fingerprint density at radius 1 is 0.447 bits per heavy atom. The van der Waals surface area contributed by atoms with Crippen LogP contribution in [0.5, 0.6) is 0 Å². The average Bonchev–Trinajstić information content (AvgIpc) is 2.93. The van der Waals surface area contributed by atoms with Gasteiger partial charge in [0.1, 0.15) is 0 Å². The van der Waals surface area contributed by atoms with E-state index < -0.39 is 11.8 Å². The van der Waals surface area contributed by atoms with Crippen LogP contribution < -0.4 is 21.7 Å². The van der Waals surface area contributed by atoms with Crippen molar-refractivity contribution in [1.82, 2.24) is 21.7 Å². The normalized spacial score (nSPS) is 10.6. The van der Waals surface area contributed by atoms with Gasteiger partial charge >= 0.3 is 0 Å². The Morgan fingerprint density at radius 2 is 0.737 bits per heavy atom. The highest BCUT2D eigenvalue weighted by Gasteiger charge is 2.11. The molecule has 1 rings (SSSR count). The van der Waals surface area contributed by atoms with Gasteiger partial charge in [0.15, 0.2) is 0 Å². The molecule has 0 spiro atoms. The van der Waals surface area contributed by atoms with E-state index in [0.29, 0.717) is 24.0 Å². The third-order valence-corrected chi connectivity index (χ3v) is 6.55. The zero-order valence-corrected chi connectivity index (χ0v) is 23.7. The van der Waals surface area contributed by atoms with Crippen LogP contribution in [0.25, 0.3) is 0 Å². The quantitative estimate of drug-likeness (QED) is 0.117. The van der Waals surface area contributed by atoms with E-state index in [1.807, 2.05) is 0 Å². The number of rotatable bonds is 20. The largest absolute Gasteiger partial charge is 0.273 e. The first-order chi connectivity index (χ1) is 18.5. The van der Waals surface area contributed by atoms with Gasteiger partial charge in [-0.1, -0.05) is 104 Å². The summed E-state index contributed by atoms with van der Waals surface area (Å²) in [6.45, 7) is 4.40. The van der Waals surface area contributed by atoms with Crippen LogP contribution in [-0.2, 0) is 9.59 Å². The van der Waals surface area contributed by atoms with Gasteiger partial charge in [-0.15, -0.1) is 0 Å². The number of hydrogen-bond acceptors (Lipinski definition) is 4. The van der Waals surface area contributed by atoms with Gasteiger partial charge in [-0.3, -0.25) is 40.9 Å². The molecular formula is C30H50N4O4. The van der Waals surface area contributed by atoms with E-state index in [-0.39, 0.29) is 11.8 Å². The molecule has 1 aromatic carbocycles. The Morgan fingerprint density at radius 3 is 1.05 bits per heavy atom. The van der Waals surface area contributed by atoms with Crippen LogP contribution >= 0.6 is 0 Å². The molecule has 0 fully saturated rings. The van der Waals surface area contributed by atoms with Crippen molar-refractivity contribution in [3.8, 4) is 0 Å². The molecule has 4 amide bonds. The highest BCUT2D eigenvalue weighted by molar-refractivity contribution is 5.98. The first-order valence-electron chi connectivity index (χ1n) is 14.8. The Labute approximate surface area is 229 Å². The molecular weight excluding hydrogens is 480 g/mol. The number of unbranched alkanes of at least 4 members (excludes halogenated alkanes) is 14. The second kappa shape index (κ2) is 22.1. The van der Waals surface area contributed by atoms with E-state index in [0.717, 1.165) is 38.5 Å². The number of amides is 4. The number of carbonyl (C=O) groups is 4. The summed E-state index contributed by atoms with van der Waals surface area (Å²) in [5.74, 6) is -1.36. The van der Waals surface area contributed by atoms with Crippen LogP contribution in [0.2, 0.25) is 0 Å². The minimum atomic E-state index is -0.458. The average molecular weight is 531 g/mol. The third kappa shape index (κ3) is 16.8. The first-order valence-corrected chi connectivity index (χ1v) is 14.8. The lowest BCUT2D eigenvalue weighted by Gasteiger charge is -2.09. The molecule has 0 saturated heterocycles. The predicted molar refractivity (Wildman–Crippen MR) is 152 cm³/mol. The molecule has 1 aromatic rings. The molecule has 38 heavy (non-hydrogen) atoms. The lowest BCUT2D eigenvalue weighted by molar-refractivity contribution is -0.122. The second-order valence-corrected chi connectivity index (χ2v) is 10.0. The summed E-state index contributed by atoms with van der Waals surface area (Å²) in [6, 6.07) is 5.99. The summed E-state index contributed by atoms with van der Waals surface area (Å²) in [7, 11) is 0. The summed E-state index contributed by atoms with van der Waals surface area (Å²) in [6.07, 6.45) is 19.2. The zero-order valence-electron chi connectivity index (χ0n) is 23.7. The topological polar surface area (TPSA) is 116 Å². The molecule has 0 unspecified atom stereocenters. The maximum absolute atomic E-state index is 12.3. The van der Waals surface area contributed by atoms with Crippen molar-refractivity contribution in [3.63, 3.8) is 0 Å². The van der Waals surface area contributed by atoms with Gasteiger partial charge in [0.2, 0.25) is 11.8 Å². The van der Waals surface area contributed by atoms with Gasteiger partial charge in [-0.25, -0.2) is 0 Å². The molecule has 0 aliphatic heterocycles. The molecule has 214 valence electrons. The SMILES string of the molecule is CCCCCCCCCCC(=O)NNC(=O)c1ccc(C(=O)NNC(=O)CCCCCCCCCC)cc1. The molecule has 0 aliphatic carbocycles. The van der Waals surface area contributed by atoms with E-state index in [2.05, 4.69) is 35.6 Å². The predicted octanol–water partition coefficient (Wildman–Crippen LogP) is 6.27. The molecule has 0 atom stereocenters. The van der Waals surface area contributed by atoms with Gasteiger partial charge in [0.05, 0.1) is 0 Å². The van der Waals surface area contributed by atoms with E-state index in [4.69, 9.17) is 0 Å². The Kier molecular flexibility index (Phi) is 19.3. The third-order valence-electron chi connectivity index (χ3n) is 6.55. The van der Waals surface area contributed by atoms with Crippen molar-refractivity contribution >= 4 is 23.6 Å². The minimum absolute atomic E-state index is 0.219. The Balaban J connectivity index is 2.18. The molecule has 8 nitrogen and oxygen atoms in total. The van der Waals surface area contributed by atoms with Crippen molar-refractivity contribution in [2.75, 3.05) is 0 Å². The molecule has 0 saturated carbocycles. The van der Waals surface area contributed by atoms with Gasteiger partial charge < -0.3 is 0 Å². The number of carbonyl (C=O) groups excluding carboxylic acids is 4. The van der Waals surface area contributed by atoms with Crippen molar-refractivity contribution in [1.29, 1.82) is 0 Å². The van der Waals surface area contributed by atoms with Crippen LogP contribution in [0, 0.1) is 0 Å². The summed E-state index contributed by atoms with van der Waals surface area (Å²) in [4.78, 5) is 48.5. The highest BCUT2D eigenvalue weighted by atomic mass is 16.2. The lowest BCUT2D eigenvalue weighted by Crippen LogP contribution is -2.42. The minimum Gasteiger partial charge on any atom is -0.273 e. The van der Waals surface area contributed by atoms with Crippen molar-refractivity contribution in [2.24, 2.45) is 0 Å². The number of hydrazine groups is 2. The Bertz CT molecular complexity index is 744. The summed E-state index contributed by atoms with van der Waals surface area (Å²) in [5.41, 5.74) is 10.3. The second-order valence-electron chi connectivity index (χ2n) is 10.0. The first kappa shape index (κ1) is 33.1. The van der Waals surface area contributed by atoms with Crippen molar-refractivity contribution < 1.29 is 19.2 Å². The fourth-order valence-corrected chi connectivity index (χ4v) is 4.13. The molecule has 0 bridgehead atoms. The van der Waals surface area contributed by atoms with E-state index >= 15 is 0 Å². The fourth-order valence-electron chi connectivity index (χ4n) is 4.13. The van der Waals surface area contributed by atoms with Crippen LogP contribution in [0.15, 0.2) is 24.3 Å². The molecule has 8 heteroatoms. The van der Waals surface area contributed by atoms with Gasteiger partial charge in [-0.05, 0) is 37.1 Å². The van der Waals surface area contributed by atoms with Gasteiger partial charge in [-0.2, -0.15) is 0 Å². The summed E-state index contributed by atoms with van der Waals surface area (Å²) >= 11 is 0. The fraction of sp³-hybridized carbons (Fsp3) is 0.667. The molecule has 0 radical (unpaired) electrons. The van der Waals surface area contributed by atoms with E-state index in [1.165, 1.54) is 88.5 Å². The maximum Gasteiger partial charge on any atom is 0.269 e. The van der Waals surface area contributed by atoms with Crippen molar-refractivity contribution in [2.45, 2.75) is 129 Å². The van der Waals surface area contributed by atoms with Crippen molar-refractivity contribution in [3.05, 3.63) is 35.4 Å². The maximum atomic E-state index is 12.3.